The number of anilines is 1. The predicted octanol–water partition coefficient (Wildman–Crippen LogP) is 2.99. The van der Waals surface area contributed by atoms with Crippen molar-refractivity contribution in [1.82, 2.24) is 9.88 Å². The van der Waals surface area contributed by atoms with Crippen molar-refractivity contribution in [1.29, 1.82) is 0 Å². The van der Waals surface area contributed by atoms with Crippen LogP contribution in [0.2, 0.25) is 0 Å². The van der Waals surface area contributed by atoms with E-state index in [-0.39, 0.29) is 0 Å². The lowest BCUT2D eigenvalue weighted by atomic mass is 9.97. The molecule has 17 heavy (non-hydrogen) atoms. The third-order valence-electron chi connectivity index (χ3n) is 3.47. The molecule has 0 amide bonds. The highest BCUT2D eigenvalue weighted by Crippen LogP contribution is 2.21. The number of pyridine rings is 1. The first-order valence-corrected chi connectivity index (χ1v) is 7.15. The van der Waals surface area contributed by atoms with E-state index in [0.717, 1.165) is 22.8 Å². The van der Waals surface area contributed by atoms with Crippen molar-refractivity contribution in [2.45, 2.75) is 19.8 Å². The summed E-state index contributed by atoms with van der Waals surface area (Å²) in [4.78, 5) is 6.85. The van der Waals surface area contributed by atoms with E-state index in [9.17, 15) is 0 Å². The van der Waals surface area contributed by atoms with Crippen molar-refractivity contribution in [3.63, 3.8) is 0 Å². The molecule has 94 valence electrons. The number of halogens is 1. The van der Waals surface area contributed by atoms with E-state index >= 15 is 0 Å². The number of piperidine rings is 1. The van der Waals surface area contributed by atoms with Gasteiger partial charge in [-0.05, 0) is 66.5 Å². The lowest BCUT2D eigenvalue weighted by Gasteiger charge is -2.31. The Morgan fingerprint density at radius 2 is 2.24 bits per heavy atom. The number of likely N-dealkylation sites (tertiary alicyclic amines) is 1. The standard InChI is InChI=1S/C13H20BrN3/c1-2-17-8-5-11(6-9-17)10-16-13-12(14)4-3-7-15-13/h3-4,7,11H,2,5-6,8-10H2,1H3,(H,15,16). The summed E-state index contributed by atoms with van der Waals surface area (Å²) >= 11 is 3.51. The molecule has 1 fully saturated rings. The first-order chi connectivity index (χ1) is 8.29. The SMILES string of the molecule is CCN1CCC(CNc2ncccc2Br)CC1. The van der Waals surface area contributed by atoms with Gasteiger partial charge in [-0.25, -0.2) is 4.98 Å². The average Bonchev–Trinajstić information content (AvgIpc) is 2.38. The van der Waals surface area contributed by atoms with E-state index in [4.69, 9.17) is 0 Å². The van der Waals surface area contributed by atoms with Gasteiger partial charge in [0.15, 0.2) is 0 Å². The molecule has 2 rings (SSSR count). The van der Waals surface area contributed by atoms with Gasteiger partial charge in [0.1, 0.15) is 5.82 Å². The molecule has 1 N–H and O–H groups in total. The Morgan fingerprint density at radius 1 is 1.47 bits per heavy atom. The van der Waals surface area contributed by atoms with Gasteiger partial charge in [0.2, 0.25) is 0 Å². The molecule has 0 atom stereocenters. The van der Waals surface area contributed by atoms with Crippen LogP contribution in [0.3, 0.4) is 0 Å². The molecule has 0 aliphatic carbocycles. The molecule has 0 unspecified atom stereocenters. The topological polar surface area (TPSA) is 28.2 Å². The summed E-state index contributed by atoms with van der Waals surface area (Å²) in [6.07, 6.45) is 4.42. The van der Waals surface area contributed by atoms with Crippen molar-refractivity contribution < 1.29 is 0 Å². The van der Waals surface area contributed by atoms with Crippen LogP contribution in [0.25, 0.3) is 0 Å². The van der Waals surface area contributed by atoms with Gasteiger partial charge in [-0.2, -0.15) is 0 Å². The maximum absolute atomic E-state index is 4.33. The summed E-state index contributed by atoms with van der Waals surface area (Å²) in [6, 6.07) is 3.96. The Bertz CT molecular complexity index is 348. The van der Waals surface area contributed by atoms with Gasteiger partial charge >= 0.3 is 0 Å². The zero-order valence-electron chi connectivity index (χ0n) is 10.3. The third kappa shape index (κ3) is 3.68. The van der Waals surface area contributed by atoms with Gasteiger partial charge in [0.25, 0.3) is 0 Å². The van der Waals surface area contributed by atoms with Crippen LogP contribution in [0.1, 0.15) is 19.8 Å². The van der Waals surface area contributed by atoms with Gasteiger partial charge in [0, 0.05) is 12.7 Å². The minimum atomic E-state index is 0.784. The molecule has 0 aromatic carbocycles. The quantitative estimate of drug-likeness (QED) is 0.926. The van der Waals surface area contributed by atoms with Crippen LogP contribution in [0.4, 0.5) is 5.82 Å². The first-order valence-electron chi connectivity index (χ1n) is 6.36. The lowest BCUT2D eigenvalue weighted by Crippen LogP contribution is -2.35. The Morgan fingerprint density at radius 3 is 2.88 bits per heavy atom. The smallest absolute Gasteiger partial charge is 0.140 e. The lowest BCUT2D eigenvalue weighted by molar-refractivity contribution is 0.198. The molecule has 1 aliphatic heterocycles. The van der Waals surface area contributed by atoms with Crippen LogP contribution in [0.15, 0.2) is 22.8 Å². The molecule has 1 aliphatic rings. The Labute approximate surface area is 112 Å². The molecular formula is C13H20BrN3. The van der Waals surface area contributed by atoms with E-state index in [1.807, 2.05) is 18.3 Å². The van der Waals surface area contributed by atoms with Gasteiger partial charge in [-0.15, -0.1) is 0 Å². The normalized spacial score (nSPS) is 18.2. The molecule has 0 bridgehead atoms. The molecular weight excluding hydrogens is 278 g/mol. The van der Waals surface area contributed by atoms with Crippen molar-refractivity contribution in [3.8, 4) is 0 Å². The van der Waals surface area contributed by atoms with Crippen LogP contribution in [0, 0.1) is 5.92 Å². The maximum Gasteiger partial charge on any atom is 0.140 e. The zero-order valence-corrected chi connectivity index (χ0v) is 11.9. The highest BCUT2D eigenvalue weighted by Gasteiger charge is 2.17. The number of hydrogen-bond acceptors (Lipinski definition) is 3. The molecule has 4 heteroatoms. The summed E-state index contributed by atoms with van der Waals surface area (Å²) in [7, 11) is 0. The van der Waals surface area contributed by atoms with E-state index in [1.54, 1.807) is 0 Å². The largest absolute Gasteiger partial charge is 0.369 e. The fraction of sp³-hybridized carbons (Fsp3) is 0.615. The Hall–Kier alpha value is -0.610. The second-order valence-electron chi connectivity index (χ2n) is 4.59. The van der Waals surface area contributed by atoms with Crippen LogP contribution < -0.4 is 5.32 Å². The second-order valence-corrected chi connectivity index (χ2v) is 5.45. The van der Waals surface area contributed by atoms with E-state index in [2.05, 4.69) is 38.1 Å². The maximum atomic E-state index is 4.33. The monoisotopic (exact) mass is 297 g/mol. The van der Waals surface area contributed by atoms with Gasteiger partial charge in [-0.1, -0.05) is 6.92 Å². The molecule has 0 saturated carbocycles. The van der Waals surface area contributed by atoms with E-state index in [1.165, 1.54) is 32.5 Å². The minimum absolute atomic E-state index is 0.784. The molecule has 0 radical (unpaired) electrons. The van der Waals surface area contributed by atoms with Crippen LogP contribution in [0.5, 0.6) is 0 Å². The first kappa shape index (κ1) is 12.8. The van der Waals surface area contributed by atoms with Gasteiger partial charge in [0.05, 0.1) is 4.47 Å². The van der Waals surface area contributed by atoms with Crippen molar-refractivity contribution >= 4 is 21.7 Å². The van der Waals surface area contributed by atoms with Crippen LogP contribution in [-0.2, 0) is 0 Å². The summed E-state index contributed by atoms with van der Waals surface area (Å²) in [6.45, 7) is 6.95. The molecule has 3 nitrogen and oxygen atoms in total. The summed E-state index contributed by atoms with van der Waals surface area (Å²) < 4.78 is 1.05. The molecule has 1 saturated heterocycles. The van der Waals surface area contributed by atoms with Crippen LogP contribution >= 0.6 is 15.9 Å². The number of aromatic nitrogens is 1. The van der Waals surface area contributed by atoms with E-state index < -0.39 is 0 Å². The molecule has 1 aromatic rings. The fourth-order valence-electron chi connectivity index (χ4n) is 2.26. The van der Waals surface area contributed by atoms with Crippen LogP contribution in [-0.4, -0.2) is 36.1 Å². The third-order valence-corrected chi connectivity index (χ3v) is 4.11. The average molecular weight is 298 g/mol. The van der Waals surface area contributed by atoms with Crippen molar-refractivity contribution in [3.05, 3.63) is 22.8 Å². The van der Waals surface area contributed by atoms with Crippen molar-refractivity contribution in [2.24, 2.45) is 5.92 Å². The van der Waals surface area contributed by atoms with Gasteiger partial charge < -0.3 is 10.2 Å². The summed E-state index contributed by atoms with van der Waals surface area (Å²) in [5.41, 5.74) is 0. The fourth-order valence-corrected chi connectivity index (χ4v) is 2.66. The number of nitrogens with one attached hydrogen (secondary N) is 1. The van der Waals surface area contributed by atoms with Crippen molar-refractivity contribution in [2.75, 3.05) is 31.5 Å². The molecule has 1 aromatic heterocycles. The predicted molar refractivity (Wildman–Crippen MR) is 75.3 cm³/mol. The van der Waals surface area contributed by atoms with E-state index in [0.29, 0.717) is 0 Å². The zero-order chi connectivity index (χ0) is 12.1. The Kier molecular flexibility index (Phi) is 4.80. The Balaban J connectivity index is 1.78. The second kappa shape index (κ2) is 6.36. The number of rotatable bonds is 4. The number of hydrogen-bond donors (Lipinski definition) is 1. The highest BCUT2D eigenvalue weighted by molar-refractivity contribution is 9.10. The molecule has 2 heterocycles. The highest BCUT2D eigenvalue weighted by atomic mass is 79.9. The number of nitrogens with zero attached hydrogens (tertiary/aromatic N) is 2. The molecule has 0 spiro atoms. The minimum Gasteiger partial charge on any atom is -0.369 e. The van der Waals surface area contributed by atoms with Gasteiger partial charge in [-0.3, -0.25) is 0 Å². The summed E-state index contributed by atoms with van der Waals surface area (Å²) in [5.74, 6) is 1.75. The summed E-state index contributed by atoms with van der Waals surface area (Å²) in [5, 5.41) is 3.44.